The molecule has 2 nitrogen and oxygen atoms in total. The molecule has 0 aromatic rings. The van der Waals surface area contributed by atoms with E-state index >= 15 is 0 Å². The predicted octanol–water partition coefficient (Wildman–Crippen LogP) is -2.31. The minimum atomic E-state index is -0.627. The maximum atomic E-state index is 9.64. The van der Waals surface area contributed by atoms with Gasteiger partial charge in [-0.05, 0) is 6.92 Å². The third-order valence-corrected chi connectivity index (χ3v) is 0.380. The van der Waals surface area contributed by atoms with Crippen molar-refractivity contribution in [3.8, 4) is 0 Å². The first kappa shape index (κ1) is 11.2. The van der Waals surface area contributed by atoms with Crippen molar-refractivity contribution in [2.75, 3.05) is 6.61 Å². The molecule has 0 aliphatic carbocycles. The van der Waals surface area contributed by atoms with Gasteiger partial charge in [0.1, 0.15) is 0 Å². The Balaban J connectivity index is 0. The third kappa shape index (κ3) is 11.1. The van der Waals surface area contributed by atoms with Crippen molar-refractivity contribution in [1.29, 1.82) is 0 Å². The fraction of sp³-hybridized carbons (Fsp3) is 0.667. The molecule has 0 aromatic carbocycles. The molecule has 0 saturated carbocycles. The Morgan fingerprint density at radius 3 is 2.29 bits per heavy atom. The minimum Gasteiger partial charge on any atom is -0.698 e. The van der Waals surface area contributed by atoms with Crippen LogP contribution in [0, 0.1) is 0 Å². The zero-order chi connectivity index (χ0) is 4.99. The molecule has 0 spiro atoms. The summed E-state index contributed by atoms with van der Waals surface area (Å²) in [5.41, 5.74) is 0. The van der Waals surface area contributed by atoms with Crippen molar-refractivity contribution in [3.05, 3.63) is 0 Å². The van der Waals surface area contributed by atoms with Crippen molar-refractivity contribution in [1.82, 2.24) is 0 Å². The maximum Gasteiger partial charge on any atom is 1.00 e. The molecule has 0 aliphatic rings. The van der Waals surface area contributed by atoms with Gasteiger partial charge in [0.05, 0.1) is 6.61 Å². The number of carbonyl (C=O) groups is 1. The SMILES string of the molecule is CCOC(=O)[S-].[K+]. The quantitative estimate of drug-likeness (QED) is 0.235. The molecule has 0 bridgehead atoms. The molecule has 0 unspecified atom stereocenters. The van der Waals surface area contributed by atoms with Gasteiger partial charge in [0.2, 0.25) is 0 Å². The van der Waals surface area contributed by atoms with E-state index in [0.717, 1.165) is 0 Å². The van der Waals surface area contributed by atoms with E-state index in [2.05, 4.69) is 17.4 Å². The topological polar surface area (TPSA) is 26.3 Å². The molecule has 36 valence electrons. The van der Waals surface area contributed by atoms with Crippen molar-refractivity contribution in [2.45, 2.75) is 6.92 Å². The van der Waals surface area contributed by atoms with Crippen LogP contribution in [-0.2, 0) is 17.4 Å². The van der Waals surface area contributed by atoms with Crippen LogP contribution >= 0.6 is 0 Å². The first-order chi connectivity index (χ1) is 2.77. The maximum absolute atomic E-state index is 9.64. The largest absolute Gasteiger partial charge is 1.00 e. The number of carbonyl (C=O) groups excluding carboxylic acids is 1. The van der Waals surface area contributed by atoms with Crippen LogP contribution in [0.25, 0.3) is 0 Å². The molecule has 0 fully saturated rings. The summed E-state index contributed by atoms with van der Waals surface area (Å²) in [5.74, 6) is 0. The molecule has 0 radical (unpaired) electrons. The summed E-state index contributed by atoms with van der Waals surface area (Å²) in [7, 11) is 0. The summed E-state index contributed by atoms with van der Waals surface area (Å²) < 4.78 is 4.22. The normalized spacial score (nSPS) is 6.43. The second kappa shape index (κ2) is 7.33. The molecule has 0 aromatic heterocycles. The molecular weight excluding hydrogens is 139 g/mol. The summed E-state index contributed by atoms with van der Waals surface area (Å²) in [6, 6.07) is 0. The second-order valence-corrected chi connectivity index (χ2v) is 1.02. The van der Waals surface area contributed by atoms with Gasteiger partial charge >= 0.3 is 51.4 Å². The fourth-order valence-corrected chi connectivity index (χ4v) is 0.236. The Morgan fingerprint density at radius 2 is 2.29 bits per heavy atom. The summed E-state index contributed by atoms with van der Waals surface area (Å²) in [6.07, 6.45) is 0. The summed E-state index contributed by atoms with van der Waals surface area (Å²) in [4.78, 5) is 9.64. The Bertz CT molecular complexity index is 56.9. The van der Waals surface area contributed by atoms with E-state index in [1.165, 1.54) is 0 Å². The average Bonchev–Trinajstić information content (AvgIpc) is 1.35. The van der Waals surface area contributed by atoms with Gasteiger partial charge in [-0.15, -0.1) is 0 Å². The monoisotopic (exact) mass is 144 g/mol. The van der Waals surface area contributed by atoms with E-state index in [-0.39, 0.29) is 51.4 Å². The van der Waals surface area contributed by atoms with Crippen molar-refractivity contribution in [3.63, 3.8) is 0 Å². The van der Waals surface area contributed by atoms with Gasteiger partial charge in [-0.25, -0.2) is 0 Å². The number of rotatable bonds is 1. The summed E-state index contributed by atoms with van der Waals surface area (Å²) in [6.45, 7) is 2.09. The Morgan fingerprint density at radius 1 is 1.86 bits per heavy atom. The molecule has 0 N–H and O–H groups in total. The van der Waals surface area contributed by atoms with E-state index in [1.54, 1.807) is 6.92 Å². The molecule has 0 heterocycles. The third-order valence-electron chi connectivity index (χ3n) is 0.262. The van der Waals surface area contributed by atoms with E-state index in [0.29, 0.717) is 6.61 Å². The first-order valence-electron chi connectivity index (χ1n) is 1.61. The van der Waals surface area contributed by atoms with Crippen LogP contribution in [0.2, 0.25) is 0 Å². The molecule has 0 rings (SSSR count). The van der Waals surface area contributed by atoms with Crippen LogP contribution in [0.15, 0.2) is 0 Å². The number of hydrogen-bond acceptors (Lipinski definition) is 3. The summed E-state index contributed by atoms with van der Waals surface area (Å²) in [5, 5.41) is -0.627. The second-order valence-electron chi connectivity index (χ2n) is 0.683. The summed E-state index contributed by atoms with van der Waals surface area (Å²) >= 11 is 4.02. The number of ether oxygens (including phenoxy) is 1. The first-order valence-corrected chi connectivity index (χ1v) is 2.02. The van der Waals surface area contributed by atoms with Crippen molar-refractivity contribution >= 4 is 17.9 Å². The predicted molar refractivity (Wildman–Crippen MR) is 24.4 cm³/mol. The van der Waals surface area contributed by atoms with Crippen LogP contribution in [0.4, 0.5) is 4.79 Å². The van der Waals surface area contributed by atoms with Gasteiger partial charge in [-0.2, -0.15) is 0 Å². The van der Waals surface area contributed by atoms with Gasteiger partial charge in [0.25, 0.3) is 0 Å². The minimum absolute atomic E-state index is 0. The molecule has 7 heavy (non-hydrogen) atoms. The molecular formula is C3H5KO2S. The Hall–Kier alpha value is 1.33. The van der Waals surface area contributed by atoms with E-state index in [1.807, 2.05) is 0 Å². The Labute approximate surface area is 90.8 Å². The van der Waals surface area contributed by atoms with Crippen molar-refractivity contribution < 1.29 is 60.9 Å². The van der Waals surface area contributed by atoms with E-state index in [9.17, 15) is 4.79 Å². The van der Waals surface area contributed by atoms with Gasteiger partial charge in [0.15, 0.2) is 5.30 Å². The molecule has 0 saturated heterocycles. The number of hydrogen-bond donors (Lipinski definition) is 0. The van der Waals surface area contributed by atoms with Crippen LogP contribution in [0.3, 0.4) is 0 Å². The van der Waals surface area contributed by atoms with Crippen LogP contribution in [-0.4, -0.2) is 11.9 Å². The van der Waals surface area contributed by atoms with Gasteiger partial charge in [-0.1, -0.05) is 0 Å². The fourth-order valence-electron chi connectivity index (χ4n) is 0.118. The van der Waals surface area contributed by atoms with Gasteiger partial charge in [-0.3, -0.25) is 4.79 Å². The average molecular weight is 144 g/mol. The zero-order valence-electron chi connectivity index (χ0n) is 4.43. The van der Waals surface area contributed by atoms with Crippen LogP contribution in [0.5, 0.6) is 0 Å². The molecule has 0 aliphatic heterocycles. The Kier molecular flexibility index (Phi) is 11.7. The zero-order valence-corrected chi connectivity index (χ0v) is 8.37. The van der Waals surface area contributed by atoms with E-state index < -0.39 is 5.30 Å². The standard InChI is InChI=1S/C3H6O2S.K/c1-2-5-3(4)6;/h2H2,1H3,(H,4,6);/q;+1/p-1. The van der Waals surface area contributed by atoms with Gasteiger partial charge in [0, 0.05) is 0 Å². The van der Waals surface area contributed by atoms with Crippen molar-refractivity contribution in [2.24, 2.45) is 0 Å². The molecule has 0 atom stereocenters. The van der Waals surface area contributed by atoms with Crippen LogP contribution < -0.4 is 51.4 Å². The molecule has 0 amide bonds. The molecule has 4 heteroatoms. The van der Waals surface area contributed by atoms with E-state index in [4.69, 9.17) is 0 Å². The van der Waals surface area contributed by atoms with Crippen LogP contribution in [0.1, 0.15) is 6.92 Å². The smallest absolute Gasteiger partial charge is 0.698 e. The van der Waals surface area contributed by atoms with Gasteiger partial charge < -0.3 is 17.4 Å².